The Morgan fingerprint density at radius 3 is 2.89 bits per heavy atom. The molecule has 0 aliphatic heterocycles. The van der Waals surface area contributed by atoms with Crippen LogP contribution in [0.5, 0.6) is 5.75 Å². The molecule has 0 saturated heterocycles. The first-order chi connectivity index (χ1) is 8.74. The van der Waals surface area contributed by atoms with E-state index in [1.54, 1.807) is 25.6 Å². The largest absolute Gasteiger partial charge is 0.495 e. The molecule has 1 N–H and O–H groups in total. The van der Waals surface area contributed by atoms with E-state index in [4.69, 9.17) is 10.00 Å². The number of benzene rings is 1. The lowest BCUT2D eigenvalue weighted by molar-refractivity contribution is 0.417. The van der Waals surface area contributed by atoms with Gasteiger partial charge in [0.25, 0.3) is 0 Å². The van der Waals surface area contributed by atoms with E-state index in [1.807, 2.05) is 18.2 Å². The van der Waals surface area contributed by atoms with Gasteiger partial charge in [-0.05, 0) is 24.3 Å². The van der Waals surface area contributed by atoms with Crippen molar-refractivity contribution in [3.05, 3.63) is 46.7 Å². The van der Waals surface area contributed by atoms with Crippen LogP contribution in [0.3, 0.4) is 0 Å². The van der Waals surface area contributed by atoms with Crippen LogP contribution >= 0.6 is 15.9 Å². The first-order valence-corrected chi connectivity index (χ1v) is 5.98. The number of hydrogen-bond donors (Lipinski definition) is 1. The second-order valence-corrected chi connectivity index (χ2v) is 4.42. The second kappa shape index (κ2) is 5.52. The SMILES string of the molecule is COc1ccc(Br)cc1Nc1cnccc1C#N. The molecule has 0 aliphatic carbocycles. The van der Waals surface area contributed by atoms with Crippen molar-refractivity contribution in [3.8, 4) is 11.8 Å². The van der Waals surface area contributed by atoms with Gasteiger partial charge < -0.3 is 10.1 Å². The molecule has 1 heterocycles. The number of nitriles is 1. The summed E-state index contributed by atoms with van der Waals surface area (Å²) in [6, 6.07) is 9.38. The minimum absolute atomic E-state index is 0.534. The predicted molar refractivity (Wildman–Crippen MR) is 72.9 cm³/mol. The van der Waals surface area contributed by atoms with Gasteiger partial charge >= 0.3 is 0 Å². The van der Waals surface area contributed by atoms with E-state index in [-0.39, 0.29) is 0 Å². The second-order valence-electron chi connectivity index (χ2n) is 3.50. The molecule has 0 bridgehead atoms. The Kier molecular flexibility index (Phi) is 3.80. The van der Waals surface area contributed by atoms with Crippen LogP contribution < -0.4 is 10.1 Å². The van der Waals surface area contributed by atoms with Crippen LogP contribution in [-0.2, 0) is 0 Å². The molecule has 1 aromatic carbocycles. The molecule has 0 fully saturated rings. The maximum Gasteiger partial charge on any atom is 0.142 e. The molecule has 2 rings (SSSR count). The maximum atomic E-state index is 9.02. The summed E-state index contributed by atoms with van der Waals surface area (Å²) in [5.41, 5.74) is 1.96. The smallest absolute Gasteiger partial charge is 0.142 e. The van der Waals surface area contributed by atoms with Gasteiger partial charge in [-0.1, -0.05) is 15.9 Å². The molecule has 0 spiro atoms. The number of anilines is 2. The van der Waals surface area contributed by atoms with Gasteiger partial charge in [0.15, 0.2) is 0 Å². The number of nitrogens with one attached hydrogen (secondary N) is 1. The van der Waals surface area contributed by atoms with Crippen molar-refractivity contribution in [2.24, 2.45) is 0 Å². The standard InChI is InChI=1S/C13H10BrN3O/c1-18-13-3-2-10(14)6-11(13)17-12-8-16-5-4-9(12)7-15/h2-6,8,17H,1H3. The summed E-state index contributed by atoms with van der Waals surface area (Å²) >= 11 is 3.40. The Bertz CT molecular complexity index is 607. The van der Waals surface area contributed by atoms with E-state index in [1.165, 1.54) is 0 Å². The topological polar surface area (TPSA) is 57.9 Å². The summed E-state index contributed by atoms with van der Waals surface area (Å²) in [4.78, 5) is 4.00. The molecular weight excluding hydrogens is 294 g/mol. The highest BCUT2D eigenvalue weighted by molar-refractivity contribution is 9.10. The van der Waals surface area contributed by atoms with Gasteiger partial charge in [-0.3, -0.25) is 4.98 Å². The molecule has 0 aliphatic rings. The number of pyridine rings is 1. The molecule has 0 radical (unpaired) electrons. The van der Waals surface area contributed by atoms with Gasteiger partial charge in [-0.2, -0.15) is 5.26 Å². The molecular formula is C13H10BrN3O. The molecule has 4 nitrogen and oxygen atoms in total. The number of rotatable bonds is 3. The Morgan fingerprint density at radius 1 is 1.33 bits per heavy atom. The highest BCUT2D eigenvalue weighted by atomic mass is 79.9. The van der Waals surface area contributed by atoms with E-state index < -0.39 is 0 Å². The summed E-state index contributed by atoms with van der Waals surface area (Å²) in [5.74, 6) is 0.700. The van der Waals surface area contributed by atoms with Crippen LogP contribution in [0.25, 0.3) is 0 Å². The molecule has 18 heavy (non-hydrogen) atoms. The first kappa shape index (κ1) is 12.4. The fraction of sp³-hybridized carbons (Fsp3) is 0.0769. The highest BCUT2D eigenvalue weighted by Crippen LogP contribution is 2.31. The minimum Gasteiger partial charge on any atom is -0.495 e. The van der Waals surface area contributed by atoms with Gasteiger partial charge in [0.05, 0.1) is 30.2 Å². The van der Waals surface area contributed by atoms with E-state index in [0.717, 1.165) is 10.2 Å². The van der Waals surface area contributed by atoms with Crippen LogP contribution in [0.4, 0.5) is 11.4 Å². The average molecular weight is 304 g/mol. The highest BCUT2D eigenvalue weighted by Gasteiger charge is 2.07. The first-order valence-electron chi connectivity index (χ1n) is 5.19. The van der Waals surface area contributed by atoms with Crippen LogP contribution in [-0.4, -0.2) is 12.1 Å². The van der Waals surface area contributed by atoms with Crippen molar-refractivity contribution < 1.29 is 4.74 Å². The van der Waals surface area contributed by atoms with E-state index in [2.05, 4.69) is 32.3 Å². The number of aromatic nitrogens is 1. The number of nitrogens with zero attached hydrogens (tertiary/aromatic N) is 2. The Morgan fingerprint density at radius 2 is 2.17 bits per heavy atom. The van der Waals surface area contributed by atoms with Crippen LogP contribution in [0.15, 0.2) is 41.1 Å². The van der Waals surface area contributed by atoms with Crippen LogP contribution in [0.1, 0.15) is 5.56 Å². The average Bonchev–Trinajstić information content (AvgIpc) is 2.40. The zero-order chi connectivity index (χ0) is 13.0. The third-order valence-electron chi connectivity index (χ3n) is 2.37. The van der Waals surface area contributed by atoms with Gasteiger partial charge in [-0.25, -0.2) is 0 Å². The molecule has 0 unspecified atom stereocenters. The van der Waals surface area contributed by atoms with Crippen molar-refractivity contribution >= 4 is 27.3 Å². The molecule has 5 heteroatoms. The van der Waals surface area contributed by atoms with Gasteiger partial charge in [-0.15, -0.1) is 0 Å². The maximum absolute atomic E-state index is 9.02. The summed E-state index contributed by atoms with van der Waals surface area (Å²) in [6.45, 7) is 0. The van der Waals surface area contributed by atoms with E-state index in [9.17, 15) is 0 Å². The lowest BCUT2D eigenvalue weighted by Gasteiger charge is -2.12. The minimum atomic E-state index is 0.534. The Hall–Kier alpha value is -2.06. The van der Waals surface area contributed by atoms with Crippen LogP contribution in [0, 0.1) is 11.3 Å². The Balaban J connectivity index is 2.40. The molecule has 90 valence electrons. The van der Waals surface area contributed by atoms with Gasteiger partial charge in [0, 0.05) is 10.7 Å². The molecule has 2 aromatic rings. The quantitative estimate of drug-likeness (QED) is 0.943. The number of ether oxygens (including phenoxy) is 1. The molecule has 0 atom stereocenters. The fourth-order valence-corrected chi connectivity index (χ4v) is 1.88. The number of halogens is 1. The van der Waals surface area contributed by atoms with Crippen molar-refractivity contribution in [3.63, 3.8) is 0 Å². The number of hydrogen-bond acceptors (Lipinski definition) is 4. The monoisotopic (exact) mass is 303 g/mol. The van der Waals surface area contributed by atoms with Crippen LogP contribution in [0.2, 0.25) is 0 Å². The molecule has 1 aromatic heterocycles. The van der Waals surface area contributed by atoms with Crippen molar-refractivity contribution in [1.82, 2.24) is 4.98 Å². The summed E-state index contributed by atoms with van der Waals surface area (Å²) < 4.78 is 6.18. The normalized spacial score (nSPS) is 9.61. The van der Waals surface area contributed by atoms with Crippen molar-refractivity contribution in [2.45, 2.75) is 0 Å². The van der Waals surface area contributed by atoms with Gasteiger partial charge in [0.2, 0.25) is 0 Å². The predicted octanol–water partition coefficient (Wildman–Crippen LogP) is 3.47. The summed E-state index contributed by atoms with van der Waals surface area (Å²) in [5, 5.41) is 12.2. The lowest BCUT2D eigenvalue weighted by Crippen LogP contribution is -1.97. The van der Waals surface area contributed by atoms with E-state index >= 15 is 0 Å². The molecule has 0 amide bonds. The third kappa shape index (κ3) is 2.60. The Labute approximate surface area is 113 Å². The van der Waals surface area contributed by atoms with E-state index in [0.29, 0.717) is 17.0 Å². The summed E-state index contributed by atoms with van der Waals surface area (Å²) in [6.07, 6.45) is 3.20. The van der Waals surface area contributed by atoms with Gasteiger partial charge in [0.1, 0.15) is 11.8 Å². The fourth-order valence-electron chi connectivity index (χ4n) is 1.51. The molecule has 0 saturated carbocycles. The number of methoxy groups -OCH3 is 1. The third-order valence-corrected chi connectivity index (χ3v) is 2.87. The zero-order valence-corrected chi connectivity index (χ0v) is 11.2. The lowest BCUT2D eigenvalue weighted by atomic mass is 10.2. The van der Waals surface area contributed by atoms with Crippen molar-refractivity contribution in [2.75, 3.05) is 12.4 Å². The van der Waals surface area contributed by atoms with Crippen molar-refractivity contribution in [1.29, 1.82) is 5.26 Å². The zero-order valence-electron chi connectivity index (χ0n) is 9.64. The summed E-state index contributed by atoms with van der Waals surface area (Å²) in [7, 11) is 1.60.